The Morgan fingerprint density at radius 2 is 1.48 bits per heavy atom. The fourth-order valence-electron chi connectivity index (χ4n) is 3.22. The molecule has 3 aromatic carbocycles. The maximum absolute atomic E-state index is 5.41. The van der Waals surface area contributed by atoms with Crippen molar-refractivity contribution in [1.82, 2.24) is 9.97 Å². The van der Waals surface area contributed by atoms with Crippen LogP contribution in [0.1, 0.15) is 0 Å². The molecule has 0 unspecified atom stereocenters. The molecule has 4 aromatic rings. The molecule has 0 aliphatic heterocycles. The first-order chi connectivity index (χ1) is 14.2. The van der Waals surface area contributed by atoms with E-state index in [1.165, 1.54) is 5.39 Å². The standard InChI is InChI=1S/C23H21N3O3/c1-27-20-11-18(12-21(28-2)23(20)29-3)25-22-14-24-13-19(26-22)17-9-8-15-6-4-5-7-16(15)10-17/h4-14H,1-3H3,(H,25,26). The summed E-state index contributed by atoms with van der Waals surface area (Å²) in [6.45, 7) is 0. The fraction of sp³-hybridized carbons (Fsp3) is 0.130. The minimum Gasteiger partial charge on any atom is -0.493 e. The van der Waals surface area contributed by atoms with Crippen LogP contribution >= 0.6 is 0 Å². The number of ether oxygens (including phenoxy) is 3. The van der Waals surface area contributed by atoms with Gasteiger partial charge in [0.05, 0.1) is 39.4 Å². The van der Waals surface area contributed by atoms with Crippen LogP contribution in [0.3, 0.4) is 0 Å². The van der Waals surface area contributed by atoms with Crippen LogP contribution in [-0.2, 0) is 0 Å². The molecule has 4 rings (SSSR count). The molecular weight excluding hydrogens is 366 g/mol. The lowest BCUT2D eigenvalue weighted by atomic mass is 10.1. The highest BCUT2D eigenvalue weighted by molar-refractivity contribution is 5.86. The van der Waals surface area contributed by atoms with Crippen molar-refractivity contribution in [2.45, 2.75) is 0 Å². The van der Waals surface area contributed by atoms with Crippen LogP contribution in [0.15, 0.2) is 67.0 Å². The molecule has 0 saturated carbocycles. The number of aromatic nitrogens is 2. The Kier molecular flexibility index (Phi) is 5.16. The van der Waals surface area contributed by atoms with Gasteiger partial charge in [-0.1, -0.05) is 36.4 Å². The lowest BCUT2D eigenvalue weighted by Crippen LogP contribution is -2.00. The third-order valence-electron chi connectivity index (χ3n) is 4.62. The summed E-state index contributed by atoms with van der Waals surface area (Å²) in [5.74, 6) is 2.28. The highest BCUT2D eigenvalue weighted by Crippen LogP contribution is 2.40. The molecule has 0 atom stereocenters. The third kappa shape index (κ3) is 3.78. The molecule has 0 saturated heterocycles. The number of nitrogens with one attached hydrogen (secondary N) is 1. The summed E-state index contributed by atoms with van der Waals surface area (Å²) in [5.41, 5.74) is 2.54. The van der Waals surface area contributed by atoms with Crippen LogP contribution in [0.25, 0.3) is 22.0 Å². The zero-order chi connectivity index (χ0) is 20.2. The van der Waals surface area contributed by atoms with E-state index < -0.39 is 0 Å². The smallest absolute Gasteiger partial charge is 0.203 e. The number of methoxy groups -OCH3 is 3. The lowest BCUT2D eigenvalue weighted by molar-refractivity contribution is 0.324. The van der Waals surface area contributed by atoms with Gasteiger partial charge in [0.2, 0.25) is 5.75 Å². The zero-order valence-electron chi connectivity index (χ0n) is 16.5. The monoisotopic (exact) mass is 387 g/mol. The van der Waals surface area contributed by atoms with Gasteiger partial charge in [-0.15, -0.1) is 0 Å². The number of benzene rings is 3. The first kappa shape index (κ1) is 18.6. The average molecular weight is 387 g/mol. The number of anilines is 2. The van der Waals surface area contributed by atoms with Crippen LogP contribution in [-0.4, -0.2) is 31.3 Å². The van der Waals surface area contributed by atoms with Crippen molar-refractivity contribution in [2.24, 2.45) is 0 Å². The summed E-state index contributed by atoms with van der Waals surface area (Å²) in [7, 11) is 4.74. The quantitative estimate of drug-likeness (QED) is 0.498. The summed E-state index contributed by atoms with van der Waals surface area (Å²) >= 11 is 0. The minimum atomic E-state index is 0.538. The predicted molar refractivity (Wildman–Crippen MR) is 114 cm³/mol. The summed E-state index contributed by atoms with van der Waals surface area (Å²) in [6, 6.07) is 18.1. The second kappa shape index (κ2) is 8.06. The Labute approximate surface area is 169 Å². The maximum atomic E-state index is 5.41. The van der Waals surface area contributed by atoms with Gasteiger partial charge in [0.15, 0.2) is 11.5 Å². The first-order valence-corrected chi connectivity index (χ1v) is 9.10. The second-order valence-corrected chi connectivity index (χ2v) is 6.39. The summed E-state index contributed by atoms with van der Waals surface area (Å²) in [6.07, 6.45) is 3.43. The van der Waals surface area contributed by atoms with Gasteiger partial charge < -0.3 is 19.5 Å². The van der Waals surface area contributed by atoms with Gasteiger partial charge in [-0.25, -0.2) is 4.98 Å². The van der Waals surface area contributed by atoms with E-state index in [1.54, 1.807) is 33.7 Å². The Morgan fingerprint density at radius 3 is 2.17 bits per heavy atom. The number of hydrogen-bond donors (Lipinski definition) is 1. The molecule has 29 heavy (non-hydrogen) atoms. The fourth-order valence-corrected chi connectivity index (χ4v) is 3.22. The number of rotatable bonds is 6. The van der Waals surface area contributed by atoms with Crippen molar-refractivity contribution in [3.63, 3.8) is 0 Å². The Balaban J connectivity index is 1.67. The normalized spacial score (nSPS) is 10.6. The van der Waals surface area contributed by atoms with Crippen LogP contribution in [0.5, 0.6) is 17.2 Å². The van der Waals surface area contributed by atoms with Gasteiger partial charge in [0.25, 0.3) is 0 Å². The van der Waals surface area contributed by atoms with Crippen molar-refractivity contribution in [3.05, 3.63) is 67.0 Å². The van der Waals surface area contributed by atoms with E-state index in [-0.39, 0.29) is 0 Å². The zero-order valence-corrected chi connectivity index (χ0v) is 16.5. The number of nitrogens with zero attached hydrogens (tertiary/aromatic N) is 2. The SMILES string of the molecule is COc1cc(Nc2cncc(-c3ccc4ccccc4c3)n2)cc(OC)c1OC. The van der Waals surface area contributed by atoms with Crippen molar-refractivity contribution in [1.29, 1.82) is 0 Å². The van der Waals surface area contributed by atoms with Gasteiger partial charge in [-0.2, -0.15) is 0 Å². The third-order valence-corrected chi connectivity index (χ3v) is 4.62. The molecular formula is C23H21N3O3. The molecule has 0 amide bonds. The van der Waals surface area contributed by atoms with Crippen LogP contribution in [0.4, 0.5) is 11.5 Å². The van der Waals surface area contributed by atoms with Crippen LogP contribution in [0.2, 0.25) is 0 Å². The van der Waals surface area contributed by atoms with E-state index in [0.29, 0.717) is 23.1 Å². The Bertz CT molecular complexity index is 1140. The van der Waals surface area contributed by atoms with Crippen molar-refractivity contribution in [2.75, 3.05) is 26.6 Å². The molecule has 146 valence electrons. The summed E-state index contributed by atoms with van der Waals surface area (Å²) in [5, 5.41) is 5.62. The molecule has 1 heterocycles. The van der Waals surface area contributed by atoms with E-state index in [2.05, 4.69) is 40.6 Å². The molecule has 6 heteroatoms. The van der Waals surface area contributed by atoms with E-state index in [0.717, 1.165) is 22.3 Å². The molecule has 6 nitrogen and oxygen atoms in total. The second-order valence-electron chi connectivity index (χ2n) is 6.39. The van der Waals surface area contributed by atoms with E-state index >= 15 is 0 Å². The molecule has 0 bridgehead atoms. The van der Waals surface area contributed by atoms with E-state index in [1.807, 2.05) is 24.3 Å². The number of hydrogen-bond acceptors (Lipinski definition) is 6. The largest absolute Gasteiger partial charge is 0.493 e. The van der Waals surface area contributed by atoms with Crippen molar-refractivity contribution < 1.29 is 14.2 Å². The Morgan fingerprint density at radius 1 is 0.759 bits per heavy atom. The topological polar surface area (TPSA) is 65.5 Å². The van der Waals surface area contributed by atoms with Crippen molar-refractivity contribution in [3.8, 4) is 28.5 Å². The molecule has 1 N–H and O–H groups in total. The van der Waals surface area contributed by atoms with Gasteiger partial charge in [-0.05, 0) is 16.8 Å². The Hall–Kier alpha value is -3.80. The highest BCUT2D eigenvalue weighted by Gasteiger charge is 2.14. The lowest BCUT2D eigenvalue weighted by Gasteiger charge is -2.15. The molecule has 0 radical (unpaired) electrons. The maximum Gasteiger partial charge on any atom is 0.203 e. The molecule has 0 fully saturated rings. The van der Waals surface area contributed by atoms with Gasteiger partial charge >= 0.3 is 0 Å². The molecule has 0 spiro atoms. The van der Waals surface area contributed by atoms with E-state index in [9.17, 15) is 0 Å². The van der Waals surface area contributed by atoms with Gasteiger partial charge in [-0.3, -0.25) is 4.98 Å². The van der Waals surface area contributed by atoms with Crippen LogP contribution in [0, 0.1) is 0 Å². The molecule has 0 aliphatic carbocycles. The van der Waals surface area contributed by atoms with E-state index in [4.69, 9.17) is 19.2 Å². The highest BCUT2D eigenvalue weighted by atomic mass is 16.5. The predicted octanol–water partition coefficient (Wildman–Crippen LogP) is 5.07. The van der Waals surface area contributed by atoms with Gasteiger partial charge in [0.1, 0.15) is 5.82 Å². The summed E-state index contributed by atoms with van der Waals surface area (Å²) < 4.78 is 16.2. The van der Waals surface area contributed by atoms with Gasteiger partial charge in [0, 0.05) is 23.4 Å². The molecule has 1 aromatic heterocycles. The number of fused-ring (bicyclic) bond motifs is 1. The minimum absolute atomic E-state index is 0.538. The first-order valence-electron chi connectivity index (χ1n) is 9.10. The summed E-state index contributed by atoms with van der Waals surface area (Å²) in [4.78, 5) is 9.06. The average Bonchev–Trinajstić information content (AvgIpc) is 2.78. The van der Waals surface area contributed by atoms with Crippen molar-refractivity contribution >= 4 is 22.3 Å². The van der Waals surface area contributed by atoms with Crippen LogP contribution < -0.4 is 19.5 Å². The molecule has 0 aliphatic rings.